The fourth-order valence-electron chi connectivity index (χ4n) is 2.16. The number of hydrogen-bond donors (Lipinski definition) is 2. The number of nitrogen functional groups attached to an aromatic ring is 1. The van der Waals surface area contributed by atoms with E-state index in [9.17, 15) is 9.00 Å². The van der Waals surface area contributed by atoms with Gasteiger partial charge in [-0.1, -0.05) is 6.07 Å². The van der Waals surface area contributed by atoms with Crippen molar-refractivity contribution in [2.24, 2.45) is 0 Å². The van der Waals surface area contributed by atoms with Gasteiger partial charge in [0.05, 0.1) is 0 Å². The number of nitrogens with one attached hydrogen (secondary N) is 1. The third-order valence-corrected chi connectivity index (χ3v) is 4.85. The van der Waals surface area contributed by atoms with Crippen molar-refractivity contribution in [1.29, 1.82) is 0 Å². The lowest BCUT2D eigenvalue weighted by atomic mass is 10.1. The molecule has 1 aromatic rings. The molecule has 110 valence electrons. The first-order chi connectivity index (χ1) is 9.56. The molecule has 0 radical (unpaired) electrons. The monoisotopic (exact) mass is 295 g/mol. The molecule has 0 bridgehead atoms. The molecule has 0 atom stereocenters. The highest BCUT2D eigenvalue weighted by molar-refractivity contribution is 7.85. The number of nitrogens with two attached hydrogens (primary N) is 1. The Morgan fingerprint density at radius 3 is 2.80 bits per heavy atom. The van der Waals surface area contributed by atoms with Gasteiger partial charge in [0, 0.05) is 59.7 Å². The average molecular weight is 295 g/mol. The smallest absolute Gasteiger partial charge is 0.225 e. The Morgan fingerprint density at radius 2 is 2.10 bits per heavy atom. The first kappa shape index (κ1) is 15.0. The minimum atomic E-state index is -0.669. The second kappa shape index (κ2) is 6.85. The van der Waals surface area contributed by atoms with Crippen LogP contribution in [0, 0.1) is 6.92 Å². The van der Waals surface area contributed by atoms with Crippen LogP contribution in [-0.2, 0) is 15.6 Å². The zero-order chi connectivity index (χ0) is 14.5. The maximum atomic E-state index is 11.9. The molecule has 0 aliphatic carbocycles. The molecular weight excluding hydrogens is 274 g/mol. The van der Waals surface area contributed by atoms with Crippen LogP contribution in [0.15, 0.2) is 18.2 Å². The molecule has 1 saturated heterocycles. The lowest BCUT2D eigenvalue weighted by molar-refractivity contribution is -0.116. The average Bonchev–Trinajstić information content (AvgIpc) is 2.43. The second-order valence-corrected chi connectivity index (χ2v) is 6.70. The number of amides is 1. The number of carbonyl (C=O) groups excluding carboxylic acids is 1. The van der Waals surface area contributed by atoms with E-state index in [0.29, 0.717) is 18.7 Å². The molecule has 2 rings (SSSR count). The van der Waals surface area contributed by atoms with Gasteiger partial charge in [-0.25, -0.2) is 0 Å². The van der Waals surface area contributed by atoms with Crippen molar-refractivity contribution in [3.63, 3.8) is 0 Å². The molecule has 1 aliphatic rings. The van der Waals surface area contributed by atoms with Gasteiger partial charge in [0.1, 0.15) is 0 Å². The van der Waals surface area contributed by atoms with Gasteiger partial charge in [0.15, 0.2) is 0 Å². The highest BCUT2D eigenvalue weighted by atomic mass is 32.2. The summed E-state index contributed by atoms with van der Waals surface area (Å²) in [5.74, 6) is 1.43. The largest absolute Gasteiger partial charge is 0.398 e. The second-order valence-electron chi connectivity index (χ2n) is 5.01. The summed E-state index contributed by atoms with van der Waals surface area (Å²) in [6, 6.07) is 5.50. The van der Waals surface area contributed by atoms with E-state index in [4.69, 9.17) is 5.73 Å². The van der Waals surface area contributed by atoms with Gasteiger partial charge >= 0.3 is 0 Å². The SMILES string of the molecule is Cc1c(N)cccc1NC(=O)CCN1CCS(=O)CC1. The number of carbonyl (C=O) groups is 1. The third kappa shape index (κ3) is 4.05. The number of rotatable bonds is 4. The van der Waals surface area contributed by atoms with E-state index >= 15 is 0 Å². The van der Waals surface area contributed by atoms with Gasteiger partial charge in [0.25, 0.3) is 0 Å². The first-order valence-electron chi connectivity index (χ1n) is 6.78. The molecule has 0 aromatic heterocycles. The lowest BCUT2D eigenvalue weighted by Gasteiger charge is -2.25. The molecule has 0 spiro atoms. The summed E-state index contributed by atoms with van der Waals surface area (Å²) in [5.41, 5.74) is 8.16. The van der Waals surface area contributed by atoms with Crippen molar-refractivity contribution in [3.05, 3.63) is 23.8 Å². The molecule has 0 unspecified atom stereocenters. The zero-order valence-electron chi connectivity index (χ0n) is 11.7. The minimum absolute atomic E-state index is 0.00889. The van der Waals surface area contributed by atoms with E-state index in [2.05, 4.69) is 10.2 Å². The van der Waals surface area contributed by atoms with Gasteiger partial charge in [-0.2, -0.15) is 0 Å². The lowest BCUT2D eigenvalue weighted by Crippen LogP contribution is -2.39. The Kier molecular flexibility index (Phi) is 5.14. The fraction of sp³-hybridized carbons (Fsp3) is 0.500. The van der Waals surface area contributed by atoms with Crippen LogP contribution in [0.2, 0.25) is 0 Å². The number of nitrogens with zero attached hydrogens (tertiary/aromatic N) is 1. The first-order valence-corrected chi connectivity index (χ1v) is 8.27. The summed E-state index contributed by atoms with van der Waals surface area (Å²) >= 11 is 0. The van der Waals surface area contributed by atoms with E-state index in [1.165, 1.54) is 0 Å². The molecule has 1 aromatic carbocycles. The molecule has 1 heterocycles. The topological polar surface area (TPSA) is 75.4 Å². The number of benzene rings is 1. The van der Waals surface area contributed by atoms with Crippen molar-refractivity contribution >= 4 is 28.1 Å². The van der Waals surface area contributed by atoms with E-state index in [0.717, 1.165) is 35.8 Å². The molecule has 1 fully saturated rings. The van der Waals surface area contributed by atoms with Crippen LogP contribution >= 0.6 is 0 Å². The molecule has 6 heteroatoms. The number of hydrogen-bond acceptors (Lipinski definition) is 4. The summed E-state index contributed by atoms with van der Waals surface area (Å²) in [4.78, 5) is 14.1. The third-order valence-electron chi connectivity index (χ3n) is 3.58. The Labute approximate surface area is 122 Å². The van der Waals surface area contributed by atoms with Gasteiger partial charge in [-0.05, 0) is 24.6 Å². The molecular formula is C14H21N3O2S. The molecule has 1 amide bonds. The Hall–Kier alpha value is -1.40. The molecule has 20 heavy (non-hydrogen) atoms. The predicted octanol–water partition coefficient (Wildman–Crippen LogP) is 0.970. The summed E-state index contributed by atoms with van der Waals surface area (Å²) in [6.07, 6.45) is 0.445. The van der Waals surface area contributed by atoms with Crippen molar-refractivity contribution in [3.8, 4) is 0 Å². The molecule has 0 saturated carbocycles. The van der Waals surface area contributed by atoms with Crippen molar-refractivity contribution in [2.75, 3.05) is 42.2 Å². The maximum Gasteiger partial charge on any atom is 0.225 e. The van der Waals surface area contributed by atoms with Crippen LogP contribution in [0.25, 0.3) is 0 Å². The predicted molar refractivity (Wildman–Crippen MR) is 83.2 cm³/mol. The highest BCUT2D eigenvalue weighted by Gasteiger charge is 2.16. The summed E-state index contributed by atoms with van der Waals surface area (Å²) in [6.45, 7) is 4.24. The summed E-state index contributed by atoms with van der Waals surface area (Å²) < 4.78 is 11.3. The quantitative estimate of drug-likeness (QED) is 0.812. The van der Waals surface area contributed by atoms with E-state index in [-0.39, 0.29) is 5.91 Å². The van der Waals surface area contributed by atoms with E-state index in [1.54, 1.807) is 0 Å². The van der Waals surface area contributed by atoms with Crippen LogP contribution in [0.3, 0.4) is 0 Å². The van der Waals surface area contributed by atoms with Gasteiger partial charge < -0.3 is 16.0 Å². The normalized spacial score (nSPS) is 17.1. The van der Waals surface area contributed by atoms with Gasteiger partial charge in [-0.3, -0.25) is 9.00 Å². The highest BCUT2D eigenvalue weighted by Crippen LogP contribution is 2.20. The van der Waals surface area contributed by atoms with E-state index in [1.807, 2.05) is 25.1 Å². The minimum Gasteiger partial charge on any atom is -0.398 e. The Bertz CT molecular complexity index is 509. The van der Waals surface area contributed by atoms with Crippen molar-refractivity contribution < 1.29 is 9.00 Å². The van der Waals surface area contributed by atoms with Crippen LogP contribution in [0.5, 0.6) is 0 Å². The van der Waals surface area contributed by atoms with Crippen molar-refractivity contribution in [1.82, 2.24) is 4.90 Å². The summed E-state index contributed by atoms with van der Waals surface area (Å²) in [7, 11) is -0.669. The van der Waals surface area contributed by atoms with Gasteiger partial charge in [-0.15, -0.1) is 0 Å². The maximum absolute atomic E-state index is 11.9. The molecule has 5 nitrogen and oxygen atoms in total. The van der Waals surface area contributed by atoms with E-state index < -0.39 is 10.8 Å². The van der Waals surface area contributed by atoms with Crippen molar-refractivity contribution in [2.45, 2.75) is 13.3 Å². The van der Waals surface area contributed by atoms with Crippen LogP contribution in [0.1, 0.15) is 12.0 Å². The Morgan fingerprint density at radius 1 is 1.40 bits per heavy atom. The molecule has 3 N–H and O–H groups in total. The van der Waals surface area contributed by atoms with Gasteiger partial charge in [0.2, 0.25) is 5.91 Å². The van der Waals surface area contributed by atoms with Crippen LogP contribution in [0.4, 0.5) is 11.4 Å². The Balaban J connectivity index is 1.81. The van der Waals surface area contributed by atoms with Crippen LogP contribution < -0.4 is 11.1 Å². The number of anilines is 2. The fourth-order valence-corrected chi connectivity index (χ4v) is 3.29. The van der Waals surface area contributed by atoms with Crippen LogP contribution in [-0.4, -0.2) is 46.2 Å². The standard InChI is InChI=1S/C14H21N3O2S/c1-11-12(15)3-2-4-13(11)16-14(18)5-6-17-7-9-20(19)10-8-17/h2-4H,5-10,15H2,1H3,(H,16,18). The zero-order valence-corrected chi connectivity index (χ0v) is 12.5. The summed E-state index contributed by atoms with van der Waals surface area (Å²) in [5, 5.41) is 2.89. The molecule has 1 aliphatic heterocycles.